The highest BCUT2D eigenvalue weighted by molar-refractivity contribution is 7.10. The molecule has 3 aromatic rings. The molecule has 2 nitrogen and oxygen atoms in total. The van der Waals surface area contributed by atoms with Crippen molar-refractivity contribution in [3.63, 3.8) is 0 Å². The van der Waals surface area contributed by atoms with Gasteiger partial charge in [-0.2, -0.15) is 0 Å². The summed E-state index contributed by atoms with van der Waals surface area (Å²) in [5.41, 5.74) is 3.97. The van der Waals surface area contributed by atoms with Crippen molar-refractivity contribution in [2.45, 2.75) is 19.1 Å². The second-order valence-corrected chi connectivity index (χ2v) is 6.77. The molecule has 0 aliphatic carbocycles. The lowest BCUT2D eigenvalue weighted by Crippen LogP contribution is -2.29. The Hall–Kier alpha value is -2.10. The zero-order chi connectivity index (χ0) is 15.5. The number of fused-ring (bicyclic) bond motifs is 1. The topological polar surface area (TPSA) is 21.3 Å². The average molecular weight is 321 g/mol. The normalized spacial score (nSPS) is 16.8. The summed E-state index contributed by atoms with van der Waals surface area (Å²) in [4.78, 5) is 1.38. The van der Waals surface area contributed by atoms with Crippen molar-refractivity contribution >= 4 is 11.3 Å². The van der Waals surface area contributed by atoms with Crippen LogP contribution in [0.2, 0.25) is 0 Å². The Morgan fingerprint density at radius 2 is 1.96 bits per heavy atom. The summed E-state index contributed by atoms with van der Waals surface area (Å²) < 4.78 is 5.97. The minimum absolute atomic E-state index is 0.321. The molecule has 1 N–H and O–H groups in total. The number of benzene rings is 2. The Kier molecular flexibility index (Phi) is 4.14. The molecule has 0 fully saturated rings. The first kappa shape index (κ1) is 14.5. The van der Waals surface area contributed by atoms with E-state index in [9.17, 15) is 0 Å². The summed E-state index contributed by atoms with van der Waals surface area (Å²) in [6, 6.07) is 21.5. The highest BCUT2D eigenvalue weighted by atomic mass is 32.1. The first-order valence-corrected chi connectivity index (χ1v) is 8.84. The van der Waals surface area contributed by atoms with Crippen LogP contribution in [0.25, 0.3) is 0 Å². The zero-order valence-corrected chi connectivity index (χ0v) is 13.7. The molecule has 116 valence electrons. The van der Waals surface area contributed by atoms with Gasteiger partial charge in [0.1, 0.15) is 12.4 Å². The van der Waals surface area contributed by atoms with Crippen LogP contribution in [0.4, 0.5) is 0 Å². The second kappa shape index (κ2) is 6.57. The minimum atomic E-state index is 0.321. The molecule has 0 amide bonds. The number of hydrogen-bond donors (Lipinski definition) is 1. The van der Waals surface area contributed by atoms with Gasteiger partial charge in [-0.1, -0.05) is 42.5 Å². The average Bonchev–Trinajstić information content (AvgIpc) is 3.14. The maximum absolute atomic E-state index is 5.97. The third-order valence-corrected chi connectivity index (χ3v) is 5.18. The summed E-state index contributed by atoms with van der Waals surface area (Å²) in [5.74, 6) is 0.958. The van der Waals surface area contributed by atoms with E-state index in [4.69, 9.17) is 4.74 Å². The van der Waals surface area contributed by atoms with E-state index in [2.05, 4.69) is 53.2 Å². The van der Waals surface area contributed by atoms with Gasteiger partial charge in [0.05, 0.1) is 6.04 Å². The number of nitrogens with one attached hydrogen (secondary N) is 1. The molecule has 2 heterocycles. The van der Waals surface area contributed by atoms with Crippen LogP contribution in [-0.2, 0) is 13.0 Å². The van der Waals surface area contributed by atoms with Gasteiger partial charge in [0, 0.05) is 11.4 Å². The van der Waals surface area contributed by atoms with Gasteiger partial charge in [0.15, 0.2) is 0 Å². The Morgan fingerprint density at radius 1 is 1.04 bits per heavy atom. The lowest BCUT2D eigenvalue weighted by Gasteiger charge is -2.26. The fourth-order valence-electron chi connectivity index (χ4n) is 3.08. The van der Waals surface area contributed by atoms with Crippen molar-refractivity contribution in [3.05, 3.63) is 87.6 Å². The lowest BCUT2D eigenvalue weighted by atomic mass is 9.93. The van der Waals surface area contributed by atoms with Gasteiger partial charge in [-0.05, 0) is 46.7 Å². The predicted octanol–water partition coefficient (Wildman–Crippen LogP) is 4.56. The SMILES string of the molecule is c1ccc(COc2ccc3c(c2)CCNC3c2cccs2)cc1. The van der Waals surface area contributed by atoms with Crippen LogP contribution in [0.5, 0.6) is 5.75 Å². The van der Waals surface area contributed by atoms with Crippen LogP contribution in [0, 0.1) is 0 Å². The molecule has 0 spiro atoms. The summed E-state index contributed by atoms with van der Waals surface area (Å²) in [5, 5.41) is 5.77. The van der Waals surface area contributed by atoms with Crippen molar-refractivity contribution < 1.29 is 4.74 Å². The van der Waals surface area contributed by atoms with Crippen molar-refractivity contribution in [2.75, 3.05) is 6.54 Å². The Balaban J connectivity index is 1.54. The van der Waals surface area contributed by atoms with Gasteiger partial charge in [-0.3, -0.25) is 0 Å². The summed E-state index contributed by atoms with van der Waals surface area (Å²) in [7, 11) is 0. The van der Waals surface area contributed by atoms with Crippen LogP contribution in [0.3, 0.4) is 0 Å². The number of hydrogen-bond acceptors (Lipinski definition) is 3. The molecule has 1 unspecified atom stereocenters. The quantitative estimate of drug-likeness (QED) is 0.760. The minimum Gasteiger partial charge on any atom is -0.489 e. The van der Waals surface area contributed by atoms with E-state index in [-0.39, 0.29) is 0 Å². The third kappa shape index (κ3) is 3.16. The van der Waals surface area contributed by atoms with Gasteiger partial charge in [0.25, 0.3) is 0 Å². The van der Waals surface area contributed by atoms with Crippen molar-refractivity contribution in [1.29, 1.82) is 0 Å². The maximum Gasteiger partial charge on any atom is 0.120 e. The van der Waals surface area contributed by atoms with Crippen LogP contribution >= 0.6 is 11.3 Å². The monoisotopic (exact) mass is 321 g/mol. The van der Waals surface area contributed by atoms with E-state index in [0.29, 0.717) is 12.6 Å². The molecule has 23 heavy (non-hydrogen) atoms. The van der Waals surface area contributed by atoms with Crippen LogP contribution < -0.4 is 10.1 Å². The van der Waals surface area contributed by atoms with E-state index in [0.717, 1.165) is 18.7 Å². The second-order valence-electron chi connectivity index (χ2n) is 5.79. The number of rotatable bonds is 4. The molecule has 3 heteroatoms. The third-order valence-electron chi connectivity index (χ3n) is 4.24. The van der Waals surface area contributed by atoms with E-state index in [1.807, 2.05) is 29.5 Å². The predicted molar refractivity (Wildman–Crippen MR) is 95.1 cm³/mol. The highest BCUT2D eigenvalue weighted by Crippen LogP contribution is 2.33. The lowest BCUT2D eigenvalue weighted by molar-refractivity contribution is 0.305. The summed E-state index contributed by atoms with van der Waals surface area (Å²) in [6.07, 6.45) is 1.06. The zero-order valence-electron chi connectivity index (χ0n) is 12.9. The molecule has 0 radical (unpaired) electrons. The maximum atomic E-state index is 5.97. The van der Waals surface area contributed by atoms with Crippen molar-refractivity contribution in [2.24, 2.45) is 0 Å². The Bertz CT molecular complexity index is 768. The molecule has 2 aromatic carbocycles. The van der Waals surface area contributed by atoms with Crippen LogP contribution in [0.1, 0.15) is 27.6 Å². The molecule has 0 saturated carbocycles. The van der Waals surface area contributed by atoms with E-state index < -0.39 is 0 Å². The fraction of sp³-hybridized carbons (Fsp3) is 0.200. The first-order chi connectivity index (χ1) is 11.4. The van der Waals surface area contributed by atoms with Crippen molar-refractivity contribution in [1.82, 2.24) is 5.32 Å². The molecule has 1 aliphatic rings. The van der Waals surface area contributed by atoms with Crippen molar-refractivity contribution in [3.8, 4) is 5.75 Å². The largest absolute Gasteiger partial charge is 0.489 e. The molecule has 1 aliphatic heterocycles. The Morgan fingerprint density at radius 3 is 2.78 bits per heavy atom. The van der Waals surface area contributed by atoms with Gasteiger partial charge in [-0.25, -0.2) is 0 Å². The van der Waals surface area contributed by atoms with Gasteiger partial charge in [0.2, 0.25) is 0 Å². The van der Waals surface area contributed by atoms with Gasteiger partial charge in [-0.15, -0.1) is 11.3 Å². The van der Waals surface area contributed by atoms with Gasteiger partial charge < -0.3 is 10.1 Å². The highest BCUT2D eigenvalue weighted by Gasteiger charge is 2.22. The molecule has 4 rings (SSSR count). The fourth-order valence-corrected chi connectivity index (χ4v) is 3.90. The molecular formula is C20H19NOS. The summed E-state index contributed by atoms with van der Waals surface area (Å²) >= 11 is 1.81. The first-order valence-electron chi connectivity index (χ1n) is 7.96. The van der Waals surface area contributed by atoms with E-state index in [1.165, 1.54) is 21.6 Å². The number of thiophene rings is 1. The van der Waals surface area contributed by atoms with Crippen LogP contribution in [0.15, 0.2) is 66.0 Å². The van der Waals surface area contributed by atoms with Gasteiger partial charge >= 0.3 is 0 Å². The van der Waals surface area contributed by atoms with Crippen LogP contribution in [-0.4, -0.2) is 6.54 Å². The molecule has 1 aromatic heterocycles. The smallest absolute Gasteiger partial charge is 0.120 e. The molecule has 0 saturated heterocycles. The van der Waals surface area contributed by atoms with E-state index >= 15 is 0 Å². The standard InChI is InChI=1S/C20H19NOS/c1-2-5-15(6-3-1)14-22-17-8-9-18-16(13-17)10-11-21-20(18)19-7-4-12-23-19/h1-9,12-13,20-21H,10-11,14H2. The molecule has 0 bridgehead atoms. The molecular weight excluding hydrogens is 302 g/mol. The number of ether oxygens (including phenoxy) is 1. The summed E-state index contributed by atoms with van der Waals surface area (Å²) in [6.45, 7) is 1.63. The Labute approximate surface area is 140 Å². The van der Waals surface area contributed by atoms with E-state index in [1.54, 1.807) is 0 Å². The molecule has 1 atom stereocenters.